The number of aromatic nitrogens is 4. The molecule has 164 valence electrons. The van der Waals surface area contributed by atoms with Crippen LogP contribution in [0.25, 0.3) is 0 Å². The van der Waals surface area contributed by atoms with Crippen LogP contribution in [0.4, 0.5) is 17.5 Å². The van der Waals surface area contributed by atoms with Crippen LogP contribution < -0.4 is 10.2 Å². The smallest absolute Gasteiger partial charge is 0.248 e. The highest BCUT2D eigenvalue weighted by Gasteiger charge is 2.57. The van der Waals surface area contributed by atoms with Gasteiger partial charge >= 0.3 is 0 Å². The van der Waals surface area contributed by atoms with Gasteiger partial charge < -0.3 is 5.32 Å². The third-order valence-corrected chi connectivity index (χ3v) is 7.05. The number of carbonyl (C=O) groups is 1. The summed E-state index contributed by atoms with van der Waals surface area (Å²) in [4.78, 5) is 23.2. The molecule has 2 aromatic heterocycles. The molecule has 1 amide bonds. The maximum absolute atomic E-state index is 13.0. The van der Waals surface area contributed by atoms with Crippen LogP contribution in [0.3, 0.4) is 0 Å². The van der Waals surface area contributed by atoms with Crippen LogP contribution in [-0.2, 0) is 20.2 Å². The number of anilines is 3. The minimum Gasteiger partial charge on any atom is -0.321 e. The molecule has 0 radical (unpaired) electrons. The minimum atomic E-state index is -3.18. The molecule has 1 saturated carbocycles. The normalized spacial score (nSPS) is 21.9. The molecule has 0 unspecified atom stereocenters. The Bertz CT molecular complexity index is 1160. The number of hydrogen-bond acceptors (Lipinski definition) is 8. The number of nitrogens with one attached hydrogen (secondary N) is 1. The summed E-state index contributed by atoms with van der Waals surface area (Å²) in [5.74, 6) is 0.649. The summed E-state index contributed by atoms with van der Waals surface area (Å²) in [6, 6.07) is 3.93. The first-order chi connectivity index (χ1) is 14.5. The molecule has 1 saturated heterocycles. The van der Waals surface area contributed by atoms with Gasteiger partial charge in [0.25, 0.3) is 0 Å². The van der Waals surface area contributed by atoms with Crippen molar-refractivity contribution in [2.45, 2.75) is 38.6 Å². The number of hydrogen-bond donors (Lipinski definition) is 1. The highest BCUT2D eigenvalue weighted by molar-refractivity contribution is 7.90. The Morgan fingerprint density at radius 3 is 2.77 bits per heavy atom. The quantitative estimate of drug-likeness (QED) is 0.685. The standard InChI is InChI=1S/C20H25N7O3S/c1-19(2,13-31(3,29)30)27-11-15(10-23-27)24-18-22-8-6-16(25-18)26-9-7-20(12-21,17(26)28)14-4-5-14/h6,8,10-11,14H,4-5,7,9,13H2,1-3H3,(H,22,24,25)/t20-/m1/s1. The lowest BCUT2D eigenvalue weighted by molar-refractivity contribution is -0.123. The lowest BCUT2D eigenvalue weighted by Gasteiger charge is -2.24. The van der Waals surface area contributed by atoms with Gasteiger partial charge in [-0.2, -0.15) is 15.3 Å². The Labute approximate surface area is 181 Å². The van der Waals surface area contributed by atoms with Crippen LogP contribution in [0.5, 0.6) is 0 Å². The van der Waals surface area contributed by atoms with Crippen LogP contribution >= 0.6 is 0 Å². The predicted molar refractivity (Wildman–Crippen MR) is 114 cm³/mol. The zero-order valence-electron chi connectivity index (χ0n) is 17.7. The maximum atomic E-state index is 13.0. The van der Waals surface area contributed by atoms with Gasteiger partial charge in [-0.25, -0.2) is 13.4 Å². The van der Waals surface area contributed by atoms with Crippen molar-refractivity contribution < 1.29 is 13.2 Å². The molecule has 2 aliphatic rings. The van der Waals surface area contributed by atoms with Gasteiger partial charge in [0.2, 0.25) is 11.9 Å². The van der Waals surface area contributed by atoms with E-state index < -0.39 is 20.8 Å². The molecule has 2 fully saturated rings. The van der Waals surface area contributed by atoms with Gasteiger partial charge in [0.1, 0.15) is 21.1 Å². The summed E-state index contributed by atoms with van der Waals surface area (Å²) in [6.45, 7) is 4.04. The average Bonchev–Trinajstić information content (AvgIpc) is 3.32. The van der Waals surface area contributed by atoms with Crippen LogP contribution in [0.15, 0.2) is 24.7 Å². The number of nitrogens with zero attached hydrogens (tertiary/aromatic N) is 6. The monoisotopic (exact) mass is 443 g/mol. The summed E-state index contributed by atoms with van der Waals surface area (Å²) < 4.78 is 25.0. The van der Waals surface area contributed by atoms with Crippen molar-refractivity contribution in [3.8, 4) is 6.07 Å². The molecule has 3 heterocycles. The Hall–Kier alpha value is -3.00. The summed E-state index contributed by atoms with van der Waals surface area (Å²) in [6.07, 6.45) is 8.36. The van der Waals surface area contributed by atoms with E-state index in [0.717, 1.165) is 12.8 Å². The van der Waals surface area contributed by atoms with Crippen molar-refractivity contribution >= 4 is 33.2 Å². The highest BCUT2D eigenvalue weighted by atomic mass is 32.2. The molecule has 31 heavy (non-hydrogen) atoms. The van der Waals surface area contributed by atoms with Crippen molar-refractivity contribution in [1.29, 1.82) is 5.26 Å². The lowest BCUT2D eigenvalue weighted by atomic mass is 9.83. The van der Waals surface area contributed by atoms with Crippen molar-refractivity contribution in [3.63, 3.8) is 0 Å². The van der Waals surface area contributed by atoms with Gasteiger partial charge in [-0.1, -0.05) is 0 Å². The fourth-order valence-corrected chi connectivity index (χ4v) is 5.64. The molecule has 11 heteroatoms. The van der Waals surface area contributed by atoms with E-state index in [1.54, 1.807) is 48.1 Å². The number of nitriles is 1. The van der Waals surface area contributed by atoms with Crippen LogP contribution in [0.1, 0.15) is 33.1 Å². The molecule has 0 bridgehead atoms. The molecule has 1 aliphatic carbocycles. The van der Waals surface area contributed by atoms with E-state index in [-0.39, 0.29) is 23.5 Å². The topological polar surface area (TPSA) is 134 Å². The molecule has 1 N–H and O–H groups in total. The first kappa shape index (κ1) is 21.2. The van der Waals surface area contributed by atoms with E-state index >= 15 is 0 Å². The van der Waals surface area contributed by atoms with E-state index in [0.29, 0.717) is 24.5 Å². The van der Waals surface area contributed by atoms with Crippen LogP contribution in [0, 0.1) is 22.7 Å². The molecule has 0 spiro atoms. The molecule has 1 aliphatic heterocycles. The van der Waals surface area contributed by atoms with Gasteiger partial charge in [-0.15, -0.1) is 0 Å². The molecule has 0 aromatic carbocycles. The Morgan fingerprint density at radius 2 is 2.13 bits per heavy atom. The van der Waals surface area contributed by atoms with Crippen molar-refractivity contribution in [3.05, 3.63) is 24.7 Å². The predicted octanol–water partition coefficient (Wildman–Crippen LogP) is 1.85. The Balaban J connectivity index is 1.51. The molecule has 10 nitrogen and oxygen atoms in total. The highest BCUT2D eigenvalue weighted by Crippen LogP contribution is 2.51. The Morgan fingerprint density at radius 1 is 1.39 bits per heavy atom. The molecular weight excluding hydrogens is 418 g/mol. The van der Waals surface area contributed by atoms with Gasteiger partial charge in [-0.05, 0) is 45.1 Å². The number of sulfone groups is 1. The largest absolute Gasteiger partial charge is 0.321 e. The first-order valence-corrected chi connectivity index (χ1v) is 12.2. The van der Waals surface area contributed by atoms with Gasteiger partial charge in [-0.3, -0.25) is 14.4 Å². The fraction of sp³-hybridized carbons (Fsp3) is 0.550. The fourth-order valence-electron chi connectivity index (χ4n) is 4.22. The molecular formula is C20H25N7O3S. The van der Waals surface area contributed by atoms with E-state index in [1.807, 2.05) is 0 Å². The molecule has 1 atom stereocenters. The van der Waals surface area contributed by atoms with E-state index in [9.17, 15) is 18.5 Å². The van der Waals surface area contributed by atoms with Crippen molar-refractivity contribution in [2.75, 3.05) is 28.8 Å². The second kappa shape index (κ2) is 7.30. The van der Waals surface area contributed by atoms with E-state index in [2.05, 4.69) is 26.5 Å². The number of amides is 1. The summed E-state index contributed by atoms with van der Waals surface area (Å²) in [5, 5.41) is 17.0. The third kappa shape index (κ3) is 4.12. The zero-order chi connectivity index (χ0) is 22.4. The third-order valence-electron chi connectivity index (χ3n) is 5.82. The van der Waals surface area contributed by atoms with Crippen molar-refractivity contribution in [1.82, 2.24) is 19.7 Å². The summed E-state index contributed by atoms with van der Waals surface area (Å²) >= 11 is 0. The van der Waals surface area contributed by atoms with Crippen LogP contribution in [-0.4, -0.2) is 52.6 Å². The maximum Gasteiger partial charge on any atom is 0.248 e. The van der Waals surface area contributed by atoms with Crippen molar-refractivity contribution in [2.24, 2.45) is 11.3 Å². The first-order valence-electron chi connectivity index (χ1n) is 10.1. The zero-order valence-corrected chi connectivity index (χ0v) is 18.6. The van der Waals surface area contributed by atoms with E-state index in [4.69, 9.17) is 0 Å². The number of carbonyl (C=O) groups excluding carboxylic acids is 1. The van der Waals surface area contributed by atoms with Crippen LogP contribution in [0.2, 0.25) is 0 Å². The number of rotatable bonds is 7. The van der Waals surface area contributed by atoms with Gasteiger partial charge in [0.05, 0.1) is 29.2 Å². The Kier molecular flexibility index (Phi) is 5.00. The second-order valence-corrected chi connectivity index (χ2v) is 11.1. The lowest BCUT2D eigenvalue weighted by Crippen LogP contribution is -2.35. The molecule has 2 aromatic rings. The second-order valence-electron chi connectivity index (χ2n) is 8.98. The minimum absolute atomic E-state index is 0.0498. The summed E-state index contributed by atoms with van der Waals surface area (Å²) in [7, 11) is -3.18. The van der Waals surface area contributed by atoms with E-state index in [1.165, 1.54) is 6.26 Å². The van der Waals surface area contributed by atoms with Gasteiger partial charge in [0.15, 0.2) is 0 Å². The molecule has 4 rings (SSSR count). The SMILES string of the molecule is CC(C)(CS(C)(=O)=O)n1cc(Nc2nccc(N3CC[C@@](C#N)(C4CC4)C3=O)n2)cn1. The summed E-state index contributed by atoms with van der Waals surface area (Å²) in [5.41, 5.74) is -1.05. The average molecular weight is 444 g/mol. The van der Waals surface area contributed by atoms with Gasteiger partial charge in [0, 0.05) is 25.2 Å².